The molecule has 0 bridgehead atoms. The molecule has 0 saturated heterocycles. The molecule has 0 atom stereocenters. The van der Waals surface area contributed by atoms with Crippen LogP contribution in [-0.2, 0) is 0 Å². The summed E-state index contributed by atoms with van der Waals surface area (Å²) in [6.07, 6.45) is 4.34. The van der Waals surface area contributed by atoms with Crippen LogP contribution in [0.2, 0.25) is 0 Å². The average Bonchev–Trinajstić information content (AvgIpc) is 2.95. The highest BCUT2D eigenvalue weighted by Crippen LogP contribution is 2.30. The zero-order valence-corrected chi connectivity index (χ0v) is 10.4. The van der Waals surface area contributed by atoms with Crippen LogP contribution in [0.25, 0.3) is 0 Å². The standard InChI is InChI=1S/C11H15BrN2O/c1-2-14(7-8-3-4-8)11(15)10-5-9(12)6-13-10/h5-6,8,13H,2-4,7H2,1H3. The largest absolute Gasteiger partial charge is 0.356 e. The first-order chi connectivity index (χ1) is 7.20. The summed E-state index contributed by atoms with van der Waals surface area (Å²) in [6.45, 7) is 3.72. The van der Waals surface area contributed by atoms with Crippen LogP contribution in [-0.4, -0.2) is 28.9 Å². The van der Waals surface area contributed by atoms with Crippen LogP contribution in [0.4, 0.5) is 0 Å². The van der Waals surface area contributed by atoms with E-state index in [1.54, 1.807) is 6.20 Å². The number of aromatic amines is 1. The molecule has 2 rings (SSSR count). The fourth-order valence-corrected chi connectivity index (χ4v) is 1.97. The lowest BCUT2D eigenvalue weighted by atomic mass is 10.3. The Morgan fingerprint density at radius 1 is 1.67 bits per heavy atom. The van der Waals surface area contributed by atoms with Gasteiger partial charge in [-0.2, -0.15) is 0 Å². The molecule has 1 aliphatic carbocycles. The number of H-pyrrole nitrogens is 1. The molecule has 1 amide bonds. The van der Waals surface area contributed by atoms with Crippen LogP contribution in [0.5, 0.6) is 0 Å². The minimum absolute atomic E-state index is 0.107. The van der Waals surface area contributed by atoms with E-state index in [4.69, 9.17) is 0 Å². The molecule has 1 saturated carbocycles. The summed E-state index contributed by atoms with van der Waals surface area (Å²) in [7, 11) is 0. The van der Waals surface area contributed by atoms with Gasteiger partial charge in [0.25, 0.3) is 5.91 Å². The van der Waals surface area contributed by atoms with Crippen molar-refractivity contribution in [1.29, 1.82) is 0 Å². The third kappa shape index (κ3) is 2.62. The molecule has 0 aromatic carbocycles. The Kier molecular flexibility index (Phi) is 3.14. The summed E-state index contributed by atoms with van der Waals surface area (Å²) in [5, 5.41) is 0. The van der Waals surface area contributed by atoms with Crippen LogP contribution >= 0.6 is 15.9 Å². The van der Waals surface area contributed by atoms with Crippen molar-refractivity contribution in [2.45, 2.75) is 19.8 Å². The molecule has 1 N–H and O–H groups in total. The van der Waals surface area contributed by atoms with Gasteiger partial charge in [-0.05, 0) is 47.7 Å². The van der Waals surface area contributed by atoms with Gasteiger partial charge >= 0.3 is 0 Å². The van der Waals surface area contributed by atoms with E-state index in [0.717, 1.165) is 23.5 Å². The topological polar surface area (TPSA) is 36.1 Å². The zero-order valence-electron chi connectivity index (χ0n) is 8.79. The first-order valence-corrected chi connectivity index (χ1v) is 6.13. The van der Waals surface area contributed by atoms with Gasteiger partial charge in [0.2, 0.25) is 0 Å². The summed E-state index contributed by atoms with van der Waals surface area (Å²) >= 11 is 3.33. The van der Waals surface area contributed by atoms with Crippen LogP contribution < -0.4 is 0 Å². The smallest absolute Gasteiger partial charge is 0.270 e. The van der Waals surface area contributed by atoms with E-state index in [1.807, 2.05) is 17.9 Å². The number of rotatable bonds is 4. The number of carbonyl (C=O) groups is 1. The molecule has 0 radical (unpaired) electrons. The molecule has 15 heavy (non-hydrogen) atoms. The van der Waals surface area contributed by atoms with Gasteiger partial charge in [0, 0.05) is 23.8 Å². The molecule has 82 valence electrons. The second kappa shape index (κ2) is 4.39. The van der Waals surface area contributed by atoms with Gasteiger partial charge in [-0.25, -0.2) is 0 Å². The fourth-order valence-electron chi connectivity index (χ4n) is 1.63. The molecule has 0 unspecified atom stereocenters. The SMILES string of the molecule is CCN(CC1CC1)C(=O)c1cc(Br)c[nH]1. The molecular formula is C11H15BrN2O. The molecule has 0 spiro atoms. The third-order valence-corrected chi connectivity index (χ3v) is 3.18. The average molecular weight is 271 g/mol. The lowest BCUT2D eigenvalue weighted by Crippen LogP contribution is -2.32. The highest BCUT2D eigenvalue weighted by Gasteiger charge is 2.26. The van der Waals surface area contributed by atoms with E-state index in [1.165, 1.54) is 12.8 Å². The molecule has 0 aliphatic heterocycles. The number of hydrogen-bond acceptors (Lipinski definition) is 1. The number of aromatic nitrogens is 1. The van der Waals surface area contributed by atoms with Crippen molar-refractivity contribution in [3.05, 3.63) is 22.4 Å². The normalized spacial score (nSPS) is 15.3. The zero-order chi connectivity index (χ0) is 10.8. The van der Waals surface area contributed by atoms with Crippen molar-refractivity contribution in [3.63, 3.8) is 0 Å². The number of hydrogen-bond donors (Lipinski definition) is 1. The Balaban J connectivity index is 2.03. The van der Waals surface area contributed by atoms with Crippen molar-refractivity contribution < 1.29 is 4.79 Å². The molecule has 1 aromatic heterocycles. The summed E-state index contributed by atoms with van der Waals surface area (Å²) < 4.78 is 0.924. The number of nitrogens with one attached hydrogen (secondary N) is 1. The summed E-state index contributed by atoms with van der Waals surface area (Å²) in [6, 6.07) is 1.83. The van der Waals surface area contributed by atoms with Crippen LogP contribution in [0, 0.1) is 5.92 Å². The van der Waals surface area contributed by atoms with Crippen molar-refractivity contribution in [1.82, 2.24) is 9.88 Å². The van der Waals surface area contributed by atoms with Gasteiger partial charge in [0.15, 0.2) is 0 Å². The molecular weight excluding hydrogens is 256 g/mol. The van der Waals surface area contributed by atoms with Gasteiger partial charge in [0.1, 0.15) is 5.69 Å². The fraction of sp³-hybridized carbons (Fsp3) is 0.545. The number of amides is 1. The number of carbonyl (C=O) groups excluding carboxylic acids is 1. The van der Waals surface area contributed by atoms with Gasteiger partial charge < -0.3 is 9.88 Å². The predicted molar refractivity (Wildman–Crippen MR) is 62.8 cm³/mol. The Morgan fingerprint density at radius 3 is 2.87 bits per heavy atom. The molecule has 1 fully saturated rings. The van der Waals surface area contributed by atoms with Crippen LogP contribution in [0.15, 0.2) is 16.7 Å². The van der Waals surface area contributed by atoms with Crippen molar-refractivity contribution in [2.75, 3.05) is 13.1 Å². The third-order valence-electron chi connectivity index (χ3n) is 2.72. The Bertz CT molecular complexity index is 357. The van der Waals surface area contributed by atoms with Gasteiger partial charge in [-0.3, -0.25) is 4.79 Å². The lowest BCUT2D eigenvalue weighted by Gasteiger charge is -2.19. The maximum Gasteiger partial charge on any atom is 0.270 e. The summed E-state index contributed by atoms with van der Waals surface area (Å²) in [4.78, 5) is 16.9. The van der Waals surface area contributed by atoms with Crippen molar-refractivity contribution in [2.24, 2.45) is 5.92 Å². The summed E-state index contributed by atoms with van der Waals surface area (Å²) in [5.41, 5.74) is 0.671. The second-order valence-electron chi connectivity index (χ2n) is 4.02. The highest BCUT2D eigenvalue weighted by molar-refractivity contribution is 9.10. The Morgan fingerprint density at radius 2 is 2.40 bits per heavy atom. The predicted octanol–water partition coefficient (Wildman–Crippen LogP) is 2.65. The maximum absolute atomic E-state index is 12.0. The van der Waals surface area contributed by atoms with E-state index in [-0.39, 0.29) is 5.91 Å². The number of nitrogens with zero attached hydrogens (tertiary/aromatic N) is 1. The Hall–Kier alpha value is -0.770. The highest BCUT2D eigenvalue weighted by atomic mass is 79.9. The Labute approximate surface area is 98.0 Å². The first-order valence-electron chi connectivity index (χ1n) is 5.34. The quantitative estimate of drug-likeness (QED) is 0.897. The van der Waals surface area contributed by atoms with Crippen molar-refractivity contribution >= 4 is 21.8 Å². The lowest BCUT2D eigenvalue weighted by molar-refractivity contribution is 0.0751. The van der Waals surface area contributed by atoms with Gasteiger partial charge in [0.05, 0.1) is 0 Å². The van der Waals surface area contributed by atoms with E-state index in [2.05, 4.69) is 20.9 Å². The minimum atomic E-state index is 0.107. The molecule has 3 nitrogen and oxygen atoms in total. The molecule has 1 aromatic rings. The number of halogens is 1. The van der Waals surface area contributed by atoms with E-state index < -0.39 is 0 Å². The van der Waals surface area contributed by atoms with Crippen LogP contribution in [0.3, 0.4) is 0 Å². The monoisotopic (exact) mass is 270 g/mol. The maximum atomic E-state index is 12.0. The van der Waals surface area contributed by atoms with Gasteiger partial charge in [-0.15, -0.1) is 0 Å². The molecule has 1 heterocycles. The first kappa shape index (κ1) is 10.7. The summed E-state index contributed by atoms with van der Waals surface area (Å²) in [5.74, 6) is 0.849. The van der Waals surface area contributed by atoms with Crippen molar-refractivity contribution in [3.8, 4) is 0 Å². The second-order valence-corrected chi connectivity index (χ2v) is 4.93. The molecule has 4 heteroatoms. The van der Waals surface area contributed by atoms with E-state index >= 15 is 0 Å². The minimum Gasteiger partial charge on any atom is -0.356 e. The van der Waals surface area contributed by atoms with Crippen LogP contribution in [0.1, 0.15) is 30.3 Å². The molecule has 1 aliphatic rings. The van der Waals surface area contributed by atoms with E-state index in [0.29, 0.717) is 5.69 Å². The van der Waals surface area contributed by atoms with E-state index in [9.17, 15) is 4.79 Å². The van der Waals surface area contributed by atoms with Gasteiger partial charge in [-0.1, -0.05) is 0 Å².